The fraction of sp³-hybridized carbons (Fsp3) is 0.182. The zero-order valence-electron chi connectivity index (χ0n) is 8.58. The lowest BCUT2D eigenvalue weighted by atomic mass is 10.2. The summed E-state index contributed by atoms with van der Waals surface area (Å²) in [6.45, 7) is 5.84. The molecule has 0 spiro atoms. The van der Waals surface area contributed by atoms with Crippen LogP contribution >= 0.6 is 11.6 Å². The number of carbonyl (C=O) groups is 1. The van der Waals surface area contributed by atoms with Crippen LogP contribution in [-0.2, 0) is 0 Å². The van der Waals surface area contributed by atoms with Gasteiger partial charge in [-0.25, -0.2) is 0 Å². The van der Waals surface area contributed by atoms with Crippen molar-refractivity contribution in [2.24, 2.45) is 0 Å². The van der Waals surface area contributed by atoms with E-state index in [1.54, 1.807) is 6.07 Å². The minimum atomic E-state index is -0.613. The molecule has 0 unspecified atom stereocenters. The maximum Gasteiger partial charge on any atom is 0.283 e. The Bertz CT molecular complexity index is 467. The average Bonchev–Trinajstić information content (AvgIpc) is 2.59. The van der Waals surface area contributed by atoms with Crippen LogP contribution in [0.25, 0.3) is 0 Å². The highest BCUT2D eigenvalue weighted by Gasteiger charge is 2.28. The Hall–Kier alpha value is -1.68. The van der Waals surface area contributed by atoms with Crippen LogP contribution in [0.2, 0.25) is 0 Å². The second-order valence-corrected chi connectivity index (χ2v) is 3.40. The van der Waals surface area contributed by atoms with Gasteiger partial charge in [0.2, 0.25) is 5.75 Å². The van der Waals surface area contributed by atoms with Gasteiger partial charge in [-0.3, -0.25) is 4.79 Å². The second-order valence-electron chi connectivity index (χ2n) is 3.05. The highest BCUT2D eigenvalue weighted by Crippen LogP contribution is 2.46. The third-order valence-corrected chi connectivity index (χ3v) is 2.22. The molecule has 0 radical (unpaired) electrons. The smallest absolute Gasteiger partial charge is 0.283 e. The first-order valence-electron chi connectivity index (χ1n) is 4.67. The van der Waals surface area contributed by atoms with Gasteiger partial charge in [0, 0.05) is 0 Å². The monoisotopic (exact) mass is 240 g/mol. The Morgan fingerprint density at radius 1 is 1.44 bits per heavy atom. The van der Waals surface area contributed by atoms with Crippen LogP contribution in [0.5, 0.6) is 17.2 Å². The van der Waals surface area contributed by atoms with Crippen LogP contribution in [0.4, 0.5) is 0 Å². The van der Waals surface area contributed by atoms with Gasteiger partial charge in [-0.15, -0.1) is 0 Å². The number of carbonyl (C=O) groups excluding carboxylic acids is 1. The van der Waals surface area contributed by atoms with Crippen molar-refractivity contribution < 1.29 is 19.0 Å². The van der Waals surface area contributed by atoms with Gasteiger partial charge in [-0.1, -0.05) is 0 Å². The highest BCUT2D eigenvalue weighted by molar-refractivity contribution is 6.68. The molecular formula is C11H9ClO4. The maximum atomic E-state index is 11.1. The lowest BCUT2D eigenvalue weighted by molar-refractivity contribution is 0.107. The molecule has 0 atom stereocenters. The van der Waals surface area contributed by atoms with Crippen LogP contribution in [0, 0.1) is 0 Å². The fourth-order valence-electron chi connectivity index (χ4n) is 1.42. The number of halogens is 1. The molecular weight excluding hydrogens is 232 g/mol. The van der Waals surface area contributed by atoms with Gasteiger partial charge >= 0.3 is 0 Å². The first-order chi connectivity index (χ1) is 7.63. The minimum Gasteiger partial charge on any atom is -0.490 e. The van der Waals surface area contributed by atoms with Gasteiger partial charge < -0.3 is 14.2 Å². The van der Waals surface area contributed by atoms with Crippen molar-refractivity contribution >= 4 is 16.8 Å². The predicted octanol–water partition coefficient (Wildman–Crippen LogP) is 2.71. The highest BCUT2D eigenvalue weighted by atomic mass is 35.5. The normalized spacial score (nSPS) is 12.8. The Balaban J connectivity index is 2.53. The van der Waals surface area contributed by atoms with Crippen LogP contribution in [0.15, 0.2) is 24.7 Å². The van der Waals surface area contributed by atoms with Gasteiger partial charge in [0.25, 0.3) is 11.2 Å². The van der Waals surface area contributed by atoms with E-state index in [1.807, 2.05) is 6.92 Å². The van der Waals surface area contributed by atoms with Crippen LogP contribution in [0.3, 0.4) is 0 Å². The van der Waals surface area contributed by atoms with Gasteiger partial charge in [0.05, 0.1) is 12.2 Å². The summed E-state index contributed by atoms with van der Waals surface area (Å²) in [6.07, 6.45) is 0. The number of hydrogen-bond donors (Lipinski definition) is 0. The molecule has 1 aliphatic rings. The molecule has 4 nitrogen and oxygen atoms in total. The van der Waals surface area contributed by atoms with E-state index >= 15 is 0 Å². The van der Waals surface area contributed by atoms with Crippen molar-refractivity contribution in [2.75, 3.05) is 6.61 Å². The van der Waals surface area contributed by atoms with Gasteiger partial charge in [0.15, 0.2) is 11.5 Å². The third kappa shape index (κ3) is 1.72. The quantitative estimate of drug-likeness (QED) is 0.762. The first-order valence-corrected chi connectivity index (χ1v) is 5.05. The van der Waals surface area contributed by atoms with E-state index in [9.17, 15) is 4.79 Å². The Morgan fingerprint density at radius 2 is 2.12 bits per heavy atom. The van der Waals surface area contributed by atoms with Crippen molar-refractivity contribution in [1.29, 1.82) is 0 Å². The largest absolute Gasteiger partial charge is 0.490 e. The summed E-state index contributed by atoms with van der Waals surface area (Å²) >= 11 is 5.42. The van der Waals surface area contributed by atoms with Crippen molar-refractivity contribution in [3.05, 3.63) is 30.2 Å². The van der Waals surface area contributed by atoms with E-state index in [0.29, 0.717) is 18.1 Å². The van der Waals surface area contributed by atoms with E-state index < -0.39 is 5.24 Å². The van der Waals surface area contributed by atoms with Gasteiger partial charge in [-0.05, 0) is 37.2 Å². The molecule has 0 saturated carbocycles. The SMILES string of the molecule is C=C1Oc2c(OCC)ccc(C(=O)Cl)c2O1. The van der Waals surface area contributed by atoms with Crippen molar-refractivity contribution in [3.63, 3.8) is 0 Å². The molecule has 0 fully saturated rings. The number of rotatable bonds is 3. The lowest BCUT2D eigenvalue weighted by Gasteiger charge is -2.07. The molecule has 5 heteroatoms. The summed E-state index contributed by atoms with van der Waals surface area (Å²) in [7, 11) is 0. The maximum absolute atomic E-state index is 11.1. The second kappa shape index (κ2) is 4.06. The Labute approximate surface area is 97.4 Å². The van der Waals surface area contributed by atoms with Gasteiger partial charge in [0.1, 0.15) is 0 Å². The van der Waals surface area contributed by atoms with E-state index in [2.05, 4.69) is 6.58 Å². The molecule has 1 aromatic carbocycles. The molecule has 1 aromatic rings. The molecule has 0 N–H and O–H groups in total. The summed E-state index contributed by atoms with van der Waals surface area (Å²) in [5.74, 6) is 1.20. The number of ether oxygens (including phenoxy) is 3. The molecule has 0 amide bonds. The molecule has 1 aliphatic heterocycles. The number of fused-ring (bicyclic) bond motifs is 1. The fourth-order valence-corrected chi connectivity index (χ4v) is 1.56. The molecule has 1 heterocycles. The zero-order chi connectivity index (χ0) is 11.7. The topological polar surface area (TPSA) is 44.8 Å². The molecule has 0 aromatic heterocycles. The predicted molar refractivity (Wildman–Crippen MR) is 58.2 cm³/mol. The lowest BCUT2D eigenvalue weighted by Crippen LogP contribution is -1.95. The Morgan fingerprint density at radius 3 is 2.75 bits per heavy atom. The zero-order valence-corrected chi connectivity index (χ0v) is 9.34. The van der Waals surface area contributed by atoms with Crippen LogP contribution in [-0.4, -0.2) is 11.8 Å². The number of benzene rings is 1. The number of hydrogen-bond acceptors (Lipinski definition) is 4. The minimum absolute atomic E-state index is 0.0984. The summed E-state index contributed by atoms with van der Waals surface area (Å²) in [5, 5.41) is -0.613. The first kappa shape index (κ1) is 10.8. The van der Waals surface area contributed by atoms with Crippen molar-refractivity contribution in [3.8, 4) is 17.2 Å². The van der Waals surface area contributed by atoms with Crippen molar-refractivity contribution in [1.82, 2.24) is 0 Å². The molecule has 2 rings (SSSR count). The van der Waals surface area contributed by atoms with E-state index in [0.717, 1.165) is 0 Å². The van der Waals surface area contributed by atoms with Crippen LogP contribution in [0.1, 0.15) is 17.3 Å². The standard InChI is InChI=1S/C11H9ClO4/c1-3-14-8-5-4-7(11(12)13)9-10(8)16-6(2)15-9/h4-5H,2-3H2,1H3. The third-order valence-electron chi connectivity index (χ3n) is 2.02. The average molecular weight is 241 g/mol. The molecule has 0 saturated heterocycles. The van der Waals surface area contributed by atoms with E-state index in [1.165, 1.54) is 6.07 Å². The molecule has 0 bridgehead atoms. The molecule has 16 heavy (non-hydrogen) atoms. The molecule has 0 aliphatic carbocycles. The Kier molecular flexibility index (Phi) is 2.75. The van der Waals surface area contributed by atoms with Crippen LogP contribution < -0.4 is 14.2 Å². The summed E-state index contributed by atoms with van der Waals surface area (Å²) in [5.41, 5.74) is 0.235. The summed E-state index contributed by atoms with van der Waals surface area (Å²) in [4.78, 5) is 11.1. The molecule has 84 valence electrons. The van der Waals surface area contributed by atoms with E-state index in [4.69, 9.17) is 25.8 Å². The van der Waals surface area contributed by atoms with E-state index in [-0.39, 0.29) is 17.3 Å². The summed E-state index contributed by atoms with van der Waals surface area (Å²) < 4.78 is 15.7. The van der Waals surface area contributed by atoms with Crippen molar-refractivity contribution in [2.45, 2.75) is 6.92 Å². The van der Waals surface area contributed by atoms with Gasteiger partial charge in [-0.2, -0.15) is 0 Å². The summed E-state index contributed by atoms with van der Waals surface area (Å²) in [6, 6.07) is 3.14.